The van der Waals surface area contributed by atoms with E-state index in [0.29, 0.717) is 26.3 Å². The van der Waals surface area contributed by atoms with Crippen molar-refractivity contribution in [2.75, 3.05) is 0 Å². The Bertz CT molecular complexity index is 516. The zero-order valence-corrected chi connectivity index (χ0v) is 15.2. The molecule has 20 heavy (non-hydrogen) atoms. The maximum absolute atomic E-state index is 6.06. The van der Waals surface area contributed by atoms with Crippen LogP contribution in [0.5, 0.6) is 0 Å². The second-order valence-electron chi connectivity index (χ2n) is 4.82. The Morgan fingerprint density at radius 1 is 0.700 bits per heavy atom. The van der Waals surface area contributed by atoms with E-state index in [9.17, 15) is 0 Å². The summed E-state index contributed by atoms with van der Waals surface area (Å²) in [6, 6.07) is 17.3. The van der Waals surface area contributed by atoms with Gasteiger partial charge in [0.1, 0.15) is 0 Å². The van der Waals surface area contributed by atoms with Gasteiger partial charge in [0, 0.05) is 0 Å². The summed E-state index contributed by atoms with van der Waals surface area (Å²) in [6.45, 7) is 4.11. The fourth-order valence-electron chi connectivity index (χ4n) is 1.95. The molecule has 0 amide bonds. The fourth-order valence-corrected chi connectivity index (χ4v) is 9.63. The van der Waals surface area contributed by atoms with Gasteiger partial charge in [0.25, 0.3) is 0 Å². The molecule has 2 nitrogen and oxygen atoms in total. The summed E-state index contributed by atoms with van der Waals surface area (Å²) in [5, 5.41) is 0. The van der Waals surface area contributed by atoms with E-state index in [2.05, 4.69) is 62.4 Å². The van der Waals surface area contributed by atoms with Crippen LogP contribution in [-0.4, -0.2) is 26.3 Å². The number of benzene rings is 2. The molecule has 106 valence electrons. The third kappa shape index (κ3) is 3.95. The van der Waals surface area contributed by atoms with Crippen LogP contribution in [-0.2, 0) is 0 Å². The van der Waals surface area contributed by atoms with Crippen molar-refractivity contribution in [3.8, 4) is 0 Å². The van der Waals surface area contributed by atoms with Crippen LogP contribution in [0.25, 0.3) is 0 Å². The molecule has 2 unspecified atom stereocenters. The normalized spacial score (nSPS) is 14.0. The minimum absolute atomic E-state index is 0.104. The predicted molar refractivity (Wildman–Crippen MR) is 88.9 cm³/mol. The van der Waals surface area contributed by atoms with Gasteiger partial charge in [0.2, 0.25) is 0 Å². The number of hydrogen-bond acceptors (Lipinski definition) is 2. The van der Waals surface area contributed by atoms with Crippen molar-refractivity contribution in [1.29, 1.82) is 0 Å². The first-order valence-electron chi connectivity index (χ1n) is 6.63. The van der Waals surface area contributed by atoms with Crippen molar-refractivity contribution in [2.45, 2.75) is 25.9 Å². The summed E-state index contributed by atoms with van der Waals surface area (Å²) in [7, 11) is 0. The van der Waals surface area contributed by atoms with Crippen LogP contribution in [0.1, 0.15) is 37.1 Å². The first kappa shape index (κ1) is 15.8. The van der Waals surface area contributed by atoms with Crippen molar-refractivity contribution in [3.05, 3.63) is 59.7 Å². The van der Waals surface area contributed by atoms with Crippen LogP contribution < -0.4 is 20.4 Å². The van der Waals surface area contributed by atoms with E-state index in [4.69, 9.17) is 11.5 Å². The molecule has 0 aliphatic carbocycles. The van der Waals surface area contributed by atoms with Crippen LogP contribution in [0, 0.1) is 0 Å². The molecule has 4 heteroatoms. The number of rotatable bonds is 5. The van der Waals surface area contributed by atoms with E-state index in [-0.39, 0.29) is 12.1 Å². The molecule has 2 atom stereocenters. The first-order chi connectivity index (χ1) is 9.59. The number of hydrogen-bond donors (Lipinski definition) is 2. The average molecular weight is 398 g/mol. The average Bonchev–Trinajstić information content (AvgIpc) is 2.45. The molecule has 4 N–H and O–H groups in total. The summed E-state index contributed by atoms with van der Waals surface area (Å²) in [5.74, 6) is 0. The van der Waals surface area contributed by atoms with Gasteiger partial charge in [-0.05, 0) is 0 Å². The van der Waals surface area contributed by atoms with E-state index in [1.54, 1.807) is 0 Å². The Kier molecular flexibility index (Phi) is 5.85. The second-order valence-corrected chi connectivity index (χ2v) is 11.0. The summed E-state index contributed by atoms with van der Waals surface area (Å²) in [6.07, 6.45) is 0. The third-order valence-electron chi connectivity index (χ3n) is 3.04. The molecule has 0 aliphatic rings. The molecule has 0 bridgehead atoms. The first-order valence-corrected chi connectivity index (χ1v) is 12.7. The van der Waals surface area contributed by atoms with Gasteiger partial charge in [-0.2, -0.15) is 0 Å². The predicted octanol–water partition coefficient (Wildman–Crippen LogP) is 1.00. The van der Waals surface area contributed by atoms with Crippen LogP contribution in [0.2, 0.25) is 0 Å². The van der Waals surface area contributed by atoms with E-state index < -0.39 is 0 Å². The van der Waals surface area contributed by atoms with Crippen molar-refractivity contribution in [1.82, 2.24) is 0 Å². The van der Waals surface area contributed by atoms with Gasteiger partial charge in [0.15, 0.2) is 0 Å². The zero-order chi connectivity index (χ0) is 14.5. The maximum atomic E-state index is 6.06. The van der Waals surface area contributed by atoms with Crippen molar-refractivity contribution in [2.24, 2.45) is 11.5 Å². The summed E-state index contributed by atoms with van der Waals surface area (Å²) < 4.78 is 2.85. The molecule has 0 saturated carbocycles. The van der Waals surface area contributed by atoms with Gasteiger partial charge in [-0.1, -0.05) is 0 Å². The molecule has 0 fully saturated rings. The SMILES string of the molecule is CC(N)c1ccccc1[Se][Se]c1ccccc1C(C)N. The molecular formula is C16H20N2Se2. The van der Waals surface area contributed by atoms with Crippen molar-refractivity contribution >= 4 is 35.2 Å². The molecule has 2 aromatic carbocycles. The molecule has 0 radical (unpaired) electrons. The van der Waals surface area contributed by atoms with E-state index >= 15 is 0 Å². The van der Waals surface area contributed by atoms with Gasteiger partial charge < -0.3 is 0 Å². The molecule has 0 saturated heterocycles. The summed E-state index contributed by atoms with van der Waals surface area (Å²) >= 11 is 0.893. The Labute approximate surface area is 132 Å². The van der Waals surface area contributed by atoms with Crippen molar-refractivity contribution < 1.29 is 0 Å². The van der Waals surface area contributed by atoms with Gasteiger partial charge in [-0.3, -0.25) is 0 Å². The molecule has 0 heterocycles. The topological polar surface area (TPSA) is 52.0 Å². The Morgan fingerprint density at radius 2 is 1.05 bits per heavy atom. The van der Waals surface area contributed by atoms with Crippen LogP contribution >= 0.6 is 0 Å². The minimum atomic E-state index is 0.104. The number of nitrogens with two attached hydrogens (primary N) is 2. The van der Waals surface area contributed by atoms with Gasteiger partial charge in [-0.25, -0.2) is 0 Å². The Hall–Kier alpha value is -0.601. The van der Waals surface area contributed by atoms with Gasteiger partial charge >= 0.3 is 132 Å². The van der Waals surface area contributed by atoms with Gasteiger partial charge in [-0.15, -0.1) is 0 Å². The van der Waals surface area contributed by atoms with E-state index in [0.717, 1.165) is 0 Å². The standard InChI is InChI=1S/C16H20N2Se2/c1-11(17)13-7-3-5-9-15(13)19-20-16-10-6-4-8-14(16)12(2)18/h3-12H,17-18H2,1-2H3. The van der Waals surface area contributed by atoms with Crippen LogP contribution in [0.4, 0.5) is 0 Å². The molecule has 0 aliphatic heterocycles. The Morgan fingerprint density at radius 3 is 1.40 bits per heavy atom. The van der Waals surface area contributed by atoms with Crippen LogP contribution in [0.15, 0.2) is 48.5 Å². The van der Waals surface area contributed by atoms with E-state index in [1.165, 1.54) is 20.1 Å². The third-order valence-corrected chi connectivity index (χ3v) is 10.4. The fraction of sp³-hybridized carbons (Fsp3) is 0.250. The second kappa shape index (κ2) is 7.42. The van der Waals surface area contributed by atoms with Crippen LogP contribution in [0.3, 0.4) is 0 Å². The van der Waals surface area contributed by atoms with Crippen molar-refractivity contribution in [3.63, 3.8) is 0 Å². The zero-order valence-electron chi connectivity index (χ0n) is 11.7. The monoisotopic (exact) mass is 400 g/mol. The van der Waals surface area contributed by atoms with Gasteiger partial charge in [0.05, 0.1) is 0 Å². The van der Waals surface area contributed by atoms with E-state index in [1.807, 2.05) is 0 Å². The molecular weight excluding hydrogens is 378 g/mol. The molecule has 0 aromatic heterocycles. The quantitative estimate of drug-likeness (QED) is 0.739. The molecule has 0 spiro atoms. The molecule has 2 aromatic rings. The summed E-state index contributed by atoms with van der Waals surface area (Å²) in [4.78, 5) is 0. The summed E-state index contributed by atoms with van der Waals surface area (Å²) in [5.41, 5.74) is 14.7. The Balaban J connectivity index is 2.17. The molecule has 2 rings (SSSR count).